The summed E-state index contributed by atoms with van der Waals surface area (Å²) in [6, 6.07) is 2.55. The fourth-order valence-electron chi connectivity index (χ4n) is 3.06. The molecule has 1 aromatic carbocycles. The van der Waals surface area contributed by atoms with Gasteiger partial charge < -0.3 is 10.0 Å². The van der Waals surface area contributed by atoms with Crippen LogP contribution in [0.5, 0.6) is 0 Å². The molecule has 2 unspecified atom stereocenters. The van der Waals surface area contributed by atoms with Gasteiger partial charge in [0, 0.05) is 18.6 Å². The molecule has 0 spiro atoms. The third-order valence-electron chi connectivity index (χ3n) is 4.48. The molecule has 108 valence electrons. The number of benzene rings is 1. The fourth-order valence-corrected chi connectivity index (χ4v) is 3.06. The molecule has 0 aliphatic carbocycles. The third kappa shape index (κ3) is 3.18. The summed E-state index contributed by atoms with van der Waals surface area (Å²) < 4.78 is 0. The second kappa shape index (κ2) is 6.53. The molecule has 1 aromatic rings. The maximum absolute atomic E-state index is 9.70. The van der Waals surface area contributed by atoms with Crippen LogP contribution in [0.25, 0.3) is 0 Å². The molecule has 2 atom stereocenters. The van der Waals surface area contributed by atoms with Gasteiger partial charge in [-0.3, -0.25) is 0 Å². The summed E-state index contributed by atoms with van der Waals surface area (Å²) in [6.45, 7) is 11.2. The topological polar surface area (TPSA) is 23.5 Å². The van der Waals surface area contributed by atoms with E-state index >= 15 is 0 Å². The lowest BCUT2D eigenvalue weighted by molar-refractivity contribution is 0.129. The van der Waals surface area contributed by atoms with Crippen LogP contribution in [0, 0.1) is 33.6 Å². The SMILES string of the molecule is CCC(CO)C(c1c(C)c(C)cc(C)c1C)N(C)C. The molecule has 0 bridgehead atoms. The Labute approximate surface area is 118 Å². The standard InChI is InChI=1S/C17H29NO/c1-8-15(10-19)17(18(6)7)16-13(4)11(2)9-12(3)14(16)5/h9,15,17,19H,8,10H2,1-7H3. The zero-order valence-corrected chi connectivity index (χ0v) is 13.5. The van der Waals surface area contributed by atoms with E-state index in [0.717, 1.165) is 6.42 Å². The van der Waals surface area contributed by atoms with Gasteiger partial charge in [-0.2, -0.15) is 0 Å². The molecular weight excluding hydrogens is 234 g/mol. The number of aryl methyl sites for hydroxylation is 2. The quantitative estimate of drug-likeness (QED) is 0.878. The van der Waals surface area contributed by atoms with E-state index in [-0.39, 0.29) is 18.6 Å². The van der Waals surface area contributed by atoms with E-state index in [9.17, 15) is 5.11 Å². The Bertz CT molecular complexity index is 407. The predicted molar refractivity (Wildman–Crippen MR) is 82.7 cm³/mol. The summed E-state index contributed by atoms with van der Waals surface area (Å²) in [7, 11) is 4.22. The van der Waals surface area contributed by atoms with Crippen LogP contribution in [-0.4, -0.2) is 30.7 Å². The lowest BCUT2D eigenvalue weighted by Gasteiger charge is -2.34. The van der Waals surface area contributed by atoms with Crippen molar-refractivity contribution in [2.24, 2.45) is 5.92 Å². The molecule has 2 heteroatoms. The van der Waals surface area contributed by atoms with Crippen molar-refractivity contribution in [3.8, 4) is 0 Å². The van der Waals surface area contributed by atoms with Gasteiger partial charge in [-0.05, 0) is 76.0 Å². The lowest BCUT2D eigenvalue weighted by atomic mass is 9.82. The number of rotatable bonds is 5. The van der Waals surface area contributed by atoms with Crippen molar-refractivity contribution in [2.75, 3.05) is 20.7 Å². The first-order chi connectivity index (χ1) is 8.84. The van der Waals surface area contributed by atoms with E-state index in [1.165, 1.54) is 27.8 Å². The minimum atomic E-state index is 0.241. The van der Waals surface area contributed by atoms with Crippen molar-refractivity contribution < 1.29 is 5.11 Å². The predicted octanol–water partition coefficient (Wildman–Crippen LogP) is 3.54. The highest BCUT2D eigenvalue weighted by molar-refractivity contribution is 5.46. The molecule has 0 saturated carbocycles. The second-order valence-electron chi connectivity index (χ2n) is 5.93. The molecule has 0 saturated heterocycles. The number of hydrogen-bond donors (Lipinski definition) is 1. The van der Waals surface area contributed by atoms with Crippen LogP contribution < -0.4 is 0 Å². The summed E-state index contributed by atoms with van der Waals surface area (Å²) in [5, 5.41) is 9.70. The minimum Gasteiger partial charge on any atom is -0.396 e. The van der Waals surface area contributed by atoms with Crippen LogP contribution in [0.3, 0.4) is 0 Å². The largest absolute Gasteiger partial charge is 0.396 e. The van der Waals surface area contributed by atoms with E-state index in [2.05, 4.69) is 59.7 Å². The Balaban J connectivity index is 3.46. The number of aliphatic hydroxyl groups is 1. The number of nitrogens with zero attached hydrogens (tertiary/aromatic N) is 1. The van der Waals surface area contributed by atoms with Gasteiger partial charge in [-0.1, -0.05) is 13.0 Å². The molecule has 1 N–H and O–H groups in total. The van der Waals surface area contributed by atoms with E-state index in [1.54, 1.807) is 0 Å². The molecule has 1 rings (SSSR count). The van der Waals surface area contributed by atoms with Crippen molar-refractivity contribution in [1.29, 1.82) is 0 Å². The maximum Gasteiger partial charge on any atom is 0.0477 e. The van der Waals surface area contributed by atoms with Gasteiger partial charge in [0.1, 0.15) is 0 Å². The first-order valence-electron chi connectivity index (χ1n) is 7.19. The van der Waals surface area contributed by atoms with Gasteiger partial charge in [0.05, 0.1) is 0 Å². The highest BCUT2D eigenvalue weighted by Crippen LogP contribution is 2.35. The molecule has 19 heavy (non-hydrogen) atoms. The first-order valence-corrected chi connectivity index (χ1v) is 7.19. The van der Waals surface area contributed by atoms with Gasteiger partial charge in [0.15, 0.2) is 0 Å². The third-order valence-corrected chi connectivity index (χ3v) is 4.48. The van der Waals surface area contributed by atoms with Gasteiger partial charge in [-0.25, -0.2) is 0 Å². The first kappa shape index (κ1) is 16.2. The molecule has 0 amide bonds. The Morgan fingerprint density at radius 1 is 1.05 bits per heavy atom. The van der Waals surface area contributed by atoms with E-state index < -0.39 is 0 Å². The molecule has 0 radical (unpaired) electrons. The van der Waals surface area contributed by atoms with Gasteiger partial charge in [-0.15, -0.1) is 0 Å². The molecule has 0 aliphatic rings. The smallest absolute Gasteiger partial charge is 0.0477 e. The highest BCUT2D eigenvalue weighted by atomic mass is 16.3. The monoisotopic (exact) mass is 263 g/mol. The van der Waals surface area contributed by atoms with Crippen LogP contribution >= 0.6 is 0 Å². The molecule has 0 aromatic heterocycles. The Morgan fingerprint density at radius 2 is 1.53 bits per heavy atom. The van der Waals surface area contributed by atoms with Crippen LogP contribution in [0.1, 0.15) is 47.2 Å². The Hall–Kier alpha value is -0.860. The zero-order valence-electron chi connectivity index (χ0n) is 13.5. The van der Waals surface area contributed by atoms with E-state index in [1.807, 2.05) is 0 Å². The zero-order chi connectivity index (χ0) is 14.7. The van der Waals surface area contributed by atoms with E-state index in [4.69, 9.17) is 0 Å². The van der Waals surface area contributed by atoms with E-state index in [0.29, 0.717) is 0 Å². The van der Waals surface area contributed by atoms with Gasteiger partial charge in [0.2, 0.25) is 0 Å². The molecule has 0 fully saturated rings. The normalized spacial score (nSPS) is 14.8. The van der Waals surface area contributed by atoms with Crippen LogP contribution in [0.15, 0.2) is 6.07 Å². The summed E-state index contributed by atoms with van der Waals surface area (Å²) in [6.07, 6.45) is 0.991. The van der Waals surface area contributed by atoms with Crippen molar-refractivity contribution in [1.82, 2.24) is 4.90 Å². The lowest BCUT2D eigenvalue weighted by Crippen LogP contribution is -2.31. The average molecular weight is 263 g/mol. The van der Waals surface area contributed by atoms with Crippen molar-refractivity contribution >= 4 is 0 Å². The maximum atomic E-state index is 9.70. The summed E-state index contributed by atoms with van der Waals surface area (Å²) in [5.41, 5.74) is 6.83. The van der Waals surface area contributed by atoms with Gasteiger partial charge >= 0.3 is 0 Å². The number of aliphatic hydroxyl groups excluding tert-OH is 1. The van der Waals surface area contributed by atoms with Crippen LogP contribution in [0.2, 0.25) is 0 Å². The summed E-state index contributed by atoms with van der Waals surface area (Å²) >= 11 is 0. The van der Waals surface area contributed by atoms with Crippen molar-refractivity contribution in [3.05, 3.63) is 33.9 Å². The Kier molecular flexibility index (Phi) is 5.57. The summed E-state index contributed by atoms with van der Waals surface area (Å²) in [4.78, 5) is 2.25. The van der Waals surface area contributed by atoms with Crippen LogP contribution in [0.4, 0.5) is 0 Å². The second-order valence-corrected chi connectivity index (χ2v) is 5.93. The van der Waals surface area contributed by atoms with Crippen LogP contribution in [-0.2, 0) is 0 Å². The molecule has 2 nitrogen and oxygen atoms in total. The average Bonchev–Trinajstić information content (AvgIpc) is 2.35. The summed E-state index contributed by atoms with van der Waals surface area (Å²) in [5.74, 6) is 0.286. The molecular formula is C17H29NO. The molecule has 0 aliphatic heterocycles. The highest BCUT2D eigenvalue weighted by Gasteiger charge is 2.27. The minimum absolute atomic E-state index is 0.241. The number of hydrogen-bond acceptors (Lipinski definition) is 2. The van der Waals surface area contributed by atoms with Crippen molar-refractivity contribution in [2.45, 2.75) is 47.1 Å². The molecule has 0 heterocycles. The van der Waals surface area contributed by atoms with Crippen molar-refractivity contribution in [3.63, 3.8) is 0 Å². The van der Waals surface area contributed by atoms with Gasteiger partial charge in [0.25, 0.3) is 0 Å². The Morgan fingerprint density at radius 3 is 1.84 bits per heavy atom. The fraction of sp³-hybridized carbons (Fsp3) is 0.647.